The number of hydrogen-bond donors (Lipinski definition) is 1. The molecule has 4 aromatic carbocycles. The second kappa shape index (κ2) is 16.3. The van der Waals surface area contributed by atoms with Gasteiger partial charge in [0.25, 0.3) is 10.0 Å². The van der Waals surface area contributed by atoms with E-state index in [0.29, 0.717) is 29.3 Å². The van der Waals surface area contributed by atoms with Crippen molar-refractivity contribution >= 4 is 39.1 Å². The van der Waals surface area contributed by atoms with Crippen LogP contribution in [0.1, 0.15) is 30.0 Å². The van der Waals surface area contributed by atoms with Gasteiger partial charge in [0.1, 0.15) is 12.6 Å². The Labute approximate surface area is 282 Å². The molecule has 0 saturated carbocycles. The molecule has 2 amide bonds. The van der Waals surface area contributed by atoms with Crippen molar-refractivity contribution in [1.82, 2.24) is 10.2 Å². The number of aryl methyl sites for hydroxylation is 1. The largest absolute Gasteiger partial charge is 0.493 e. The molecule has 11 heteroatoms. The topological polar surface area (TPSA) is 105 Å². The van der Waals surface area contributed by atoms with E-state index >= 15 is 0 Å². The van der Waals surface area contributed by atoms with Crippen molar-refractivity contribution in [3.05, 3.63) is 119 Å². The van der Waals surface area contributed by atoms with Crippen LogP contribution in [0.5, 0.6) is 11.5 Å². The number of methoxy groups -OCH3 is 2. The minimum absolute atomic E-state index is 0.0201. The second-order valence-corrected chi connectivity index (χ2v) is 13.2. The number of ether oxygens (including phenoxy) is 2. The average Bonchev–Trinajstić information content (AvgIpc) is 3.08. The number of carbonyl (C=O) groups excluding carboxylic acids is 2. The zero-order chi connectivity index (χ0) is 34.0. The van der Waals surface area contributed by atoms with E-state index in [1.165, 1.54) is 37.3 Å². The summed E-state index contributed by atoms with van der Waals surface area (Å²) in [5.74, 6) is -0.348. The standard InChI is InChI=1S/C36H40ClN3O6S/c1-5-21-38-36(42)32(22-27-11-7-6-8-12-27)39(24-28-13-9-10-14-31(28)37)35(41)25-40(29-17-15-26(2)16-18-29)47(43,44)30-19-20-33(45-3)34(23-30)46-4/h6-20,23,32H,5,21-22,24-25H2,1-4H3,(H,38,42)/t32-/m1/s1. The molecule has 0 saturated heterocycles. The van der Waals surface area contributed by atoms with E-state index in [4.69, 9.17) is 21.1 Å². The summed E-state index contributed by atoms with van der Waals surface area (Å²) in [6, 6.07) is 26.6. The van der Waals surface area contributed by atoms with Gasteiger partial charge in [-0.15, -0.1) is 0 Å². The van der Waals surface area contributed by atoms with Crippen LogP contribution in [-0.2, 0) is 32.6 Å². The molecule has 1 N–H and O–H groups in total. The van der Waals surface area contributed by atoms with E-state index < -0.39 is 28.5 Å². The Hall–Kier alpha value is -4.54. The fourth-order valence-electron chi connectivity index (χ4n) is 5.07. The molecule has 47 heavy (non-hydrogen) atoms. The molecule has 1 atom stereocenters. The van der Waals surface area contributed by atoms with Gasteiger partial charge in [0.05, 0.1) is 24.8 Å². The summed E-state index contributed by atoms with van der Waals surface area (Å²) in [6.45, 7) is 3.64. The van der Waals surface area contributed by atoms with Crippen LogP contribution in [0.15, 0.2) is 102 Å². The number of sulfonamides is 1. The highest BCUT2D eigenvalue weighted by atomic mass is 35.5. The lowest BCUT2D eigenvalue weighted by molar-refractivity contribution is -0.140. The zero-order valence-electron chi connectivity index (χ0n) is 27.0. The lowest BCUT2D eigenvalue weighted by Crippen LogP contribution is -2.53. The van der Waals surface area contributed by atoms with Gasteiger partial charge in [-0.1, -0.05) is 84.8 Å². The molecule has 0 bridgehead atoms. The lowest BCUT2D eigenvalue weighted by Gasteiger charge is -2.34. The summed E-state index contributed by atoms with van der Waals surface area (Å²) in [4.78, 5) is 29.7. The van der Waals surface area contributed by atoms with E-state index in [9.17, 15) is 18.0 Å². The molecule has 0 aliphatic carbocycles. The maximum Gasteiger partial charge on any atom is 0.264 e. The van der Waals surface area contributed by atoms with Crippen LogP contribution in [0.25, 0.3) is 0 Å². The van der Waals surface area contributed by atoms with E-state index in [1.807, 2.05) is 44.2 Å². The Kier molecular flexibility index (Phi) is 12.3. The van der Waals surface area contributed by atoms with Crippen LogP contribution < -0.4 is 19.1 Å². The summed E-state index contributed by atoms with van der Waals surface area (Å²) in [5.41, 5.74) is 2.66. The molecule has 0 aromatic heterocycles. The molecular weight excluding hydrogens is 638 g/mol. The number of amides is 2. The summed E-state index contributed by atoms with van der Waals surface area (Å²) in [5, 5.41) is 3.36. The Morgan fingerprint density at radius 1 is 0.872 bits per heavy atom. The van der Waals surface area contributed by atoms with Gasteiger partial charge >= 0.3 is 0 Å². The lowest BCUT2D eigenvalue weighted by atomic mass is 10.0. The average molecular weight is 678 g/mol. The molecule has 4 aromatic rings. The van der Waals surface area contributed by atoms with Crippen LogP contribution in [-0.4, -0.2) is 58.5 Å². The first-order valence-electron chi connectivity index (χ1n) is 15.2. The smallest absolute Gasteiger partial charge is 0.264 e. The minimum Gasteiger partial charge on any atom is -0.493 e. The maximum absolute atomic E-state index is 14.6. The van der Waals surface area contributed by atoms with Crippen molar-refractivity contribution < 1.29 is 27.5 Å². The predicted octanol–water partition coefficient (Wildman–Crippen LogP) is 6.03. The second-order valence-electron chi connectivity index (χ2n) is 11.0. The summed E-state index contributed by atoms with van der Waals surface area (Å²) < 4.78 is 40.4. The Morgan fingerprint density at radius 3 is 2.17 bits per heavy atom. The van der Waals surface area contributed by atoms with Crippen molar-refractivity contribution in [3.8, 4) is 11.5 Å². The van der Waals surface area contributed by atoms with E-state index in [1.54, 1.807) is 48.5 Å². The third kappa shape index (κ3) is 8.84. The first-order valence-corrected chi connectivity index (χ1v) is 17.1. The van der Waals surface area contributed by atoms with Gasteiger partial charge in [0.2, 0.25) is 11.8 Å². The van der Waals surface area contributed by atoms with Gasteiger partial charge < -0.3 is 19.7 Å². The molecule has 4 rings (SSSR count). The van der Waals surface area contributed by atoms with Gasteiger partial charge in [0, 0.05) is 30.6 Å². The predicted molar refractivity (Wildman–Crippen MR) is 184 cm³/mol. The van der Waals surface area contributed by atoms with Crippen molar-refractivity contribution in [3.63, 3.8) is 0 Å². The third-order valence-electron chi connectivity index (χ3n) is 7.66. The molecule has 0 unspecified atom stereocenters. The Bertz CT molecular complexity index is 1770. The van der Waals surface area contributed by atoms with Crippen molar-refractivity contribution in [2.24, 2.45) is 0 Å². The SMILES string of the molecule is CCCNC(=O)[C@@H](Cc1ccccc1)N(Cc1ccccc1Cl)C(=O)CN(c1ccc(C)cc1)S(=O)(=O)c1ccc(OC)c(OC)c1. The number of rotatable bonds is 15. The minimum atomic E-state index is -4.33. The molecule has 0 fully saturated rings. The highest BCUT2D eigenvalue weighted by Crippen LogP contribution is 2.33. The van der Waals surface area contributed by atoms with Crippen LogP contribution in [0.4, 0.5) is 5.69 Å². The number of anilines is 1. The van der Waals surface area contributed by atoms with Crippen LogP contribution in [0.3, 0.4) is 0 Å². The summed E-state index contributed by atoms with van der Waals surface area (Å²) in [7, 11) is -1.46. The Morgan fingerprint density at radius 2 is 1.53 bits per heavy atom. The highest BCUT2D eigenvalue weighted by molar-refractivity contribution is 7.92. The molecule has 0 heterocycles. The number of nitrogens with one attached hydrogen (secondary N) is 1. The molecule has 0 aliphatic rings. The van der Waals surface area contributed by atoms with Gasteiger partial charge in [-0.05, 0) is 54.8 Å². The normalized spacial score (nSPS) is 11.8. The fraction of sp³-hybridized carbons (Fsp3) is 0.278. The first kappa shape index (κ1) is 35.3. The first-order chi connectivity index (χ1) is 22.6. The number of hydrogen-bond acceptors (Lipinski definition) is 6. The molecule has 9 nitrogen and oxygen atoms in total. The van der Waals surface area contributed by atoms with Crippen molar-refractivity contribution in [2.75, 3.05) is 31.6 Å². The molecular formula is C36H40ClN3O6S. The van der Waals surface area contributed by atoms with Crippen LogP contribution in [0.2, 0.25) is 5.02 Å². The quantitative estimate of drug-likeness (QED) is 0.165. The van der Waals surface area contributed by atoms with Gasteiger partial charge in [-0.25, -0.2) is 8.42 Å². The van der Waals surface area contributed by atoms with E-state index in [0.717, 1.165) is 15.4 Å². The van der Waals surface area contributed by atoms with E-state index in [-0.39, 0.29) is 35.2 Å². The maximum atomic E-state index is 14.6. The number of nitrogens with zero attached hydrogens (tertiary/aromatic N) is 2. The third-order valence-corrected chi connectivity index (χ3v) is 9.80. The van der Waals surface area contributed by atoms with Crippen LogP contribution >= 0.6 is 11.6 Å². The summed E-state index contributed by atoms with van der Waals surface area (Å²) in [6.07, 6.45) is 0.909. The molecule has 248 valence electrons. The molecule has 0 radical (unpaired) electrons. The highest BCUT2D eigenvalue weighted by Gasteiger charge is 2.35. The van der Waals surface area contributed by atoms with Gasteiger partial charge in [-0.3, -0.25) is 13.9 Å². The van der Waals surface area contributed by atoms with Gasteiger partial charge in [0.15, 0.2) is 11.5 Å². The van der Waals surface area contributed by atoms with Gasteiger partial charge in [-0.2, -0.15) is 0 Å². The van der Waals surface area contributed by atoms with Crippen molar-refractivity contribution in [2.45, 2.75) is 44.2 Å². The fourth-order valence-corrected chi connectivity index (χ4v) is 6.70. The zero-order valence-corrected chi connectivity index (χ0v) is 28.6. The number of halogens is 1. The van der Waals surface area contributed by atoms with E-state index in [2.05, 4.69) is 5.32 Å². The molecule has 0 spiro atoms. The summed E-state index contributed by atoms with van der Waals surface area (Å²) >= 11 is 6.56. The number of carbonyl (C=O) groups is 2. The molecule has 0 aliphatic heterocycles. The van der Waals surface area contributed by atoms with Crippen molar-refractivity contribution in [1.29, 1.82) is 0 Å². The monoisotopic (exact) mass is 677 g/mol. The van der Waals surface area contributed by atoms with Crippen LogP contribution in [0, 0.1) is 6.92 Å². The Balaban J connectivity index is 1.82. The number of benzene rings is 4.